The van der Waals surface area contributed by atoms with Crippen LogP contribution < -0.4 is 5.32 Å². The zero-order valence-corrected chi connectivity index (χ0v) is 15.3. The first-order valence-electron chi connectivity index (χ1n) is 10.3. The van der Waals surface area contributed by atoms with Crippen LogP contribution in [0.15, 0.2) is 16.9 Å². The summed E-state index contributed by atoms with van der Waals surface area (Å²) in [6.45, 7) is 7.82. The highest BCUT2D eigenvalue weighted by Crippen LogP contribution is 2.67. The monoisotopic (exact) mass is 328 g/mol. The highest BCUT2D eigenvalue weighted by atomic mass is 15.4. The number of nitrogens with zero attached hydrogens (tertiary/aromatic N) is 3. The fourth-order valence-electron chi connectivity index (χ4n) is 6.74. The minimum absolute atomic E-state index is 0.347. The van der Waals surface area contributed by atoms with Crippen LogP contribution in [0.4, 0.5) is 0 Å². The number of amidine groups is 1. The van der Waals surface area contributed by atoms with Gasteiger partial charge < -0.3 is 15.1 Å². The van der Waals surface area contributed by atoms with Crippen LogP contribution in [0.5, 0.6) is 0 Å². The van der Waals surface area contributed by atoms with Crippen LogP contribution in [-0.4, -0.2) is 41.6 Å². The zero-order chi connectivity index (χ0) is 16.3. The van der Waals surface area contributed by atoms with E-state index in [0.29, 0.717) is 11.6 Å². The van der Waals surface area contributed by atoms with Gasteiger partial charge in [-0.25, -0.2) is 4.99 Å². The van der Waals surface area contributed by atoms with Crippen LogP contribution in [0, 0.1) is 23.2 Å². The molecular weight excluding hydrogens is 296 g/mol. The Balaban J connectivity index is 1.44. The largest absolute Gasteiger partial charge is 0.359 e. The van der Waals surface area contributed by atoms with Crippen molar-refractivity contribution >= 4 is 5.84 Å². The summed E-state index contributed by atoms with van der Waals surface area (Å²) in [6.07, 6.45) is 12.4. The number of aliphatic imine (C=N–C) groups is 1. The molecule has 4 heteroatoms. The lowest BCUT2D eigenvalue weighted by molar-refractivity contribution is 0.148. The molecule has 4 aliphatic carbocycles. The van der Waals surface area contributed by atoms with Gasteiger partial charge in [-0.2, -0.15) is 0 Å². The van der Waals surface area contributed by atoms with Gasteiger partial charge >= 0.3 is 0 Å². The van der Waals surface area contributed by atoms with E-state index in [1.165, 1.54) is 56.5 Å². The van der Waals surface area contributed by atoms with Crippen LogP contribution >= 0.6 is 0 Å². The van der Waals surface area contributed by atoms with Gasteiger partial charge in [-0.05, 0) is 62.7 Å². The predicted molar refractivity (Wildman–Crippen MR) is 97.3 cm³/mol. The average molecular weight is 329 g/mol. The van der Waals surface area contributed by atoms with Crippen molar-refractivity contribution in [3.63, 3.8) is 0 Å². The molecule has 3 atom stereocenters. The minimum Gasteiger partial charge on any atom is -0.359 e. The number of nitrogens with one attached hydrogen (secondary N) is 1. The van der Waals surface area contributed by atoms with Gasteiger partial charge in [0.05, 0.1) is 12.4 Å². The van der Waals surface area contributed by atoms with E-state index in [9.17, 15) is 0 Å². The van der Waals surface area contributed by atoms with E-state index in [1.807, 2.05) is 0 Å². The van der Waals surface area contributed by atoms with Crippen LogP contribution in [-0.2, 0) is 0 Å². The molecule has 2 heterocycles. The van der Waals surface area contributed by atoms with Gasteiger partial charge in [-0.15, -0.1) is 0 Å². The molecule has 0 aromatic carbocycles. The molecule has 0 radical (unpaired) electrons. The molecule has 6 rings (SSSR count). The molecular formula is C20H32N4. The Labute approximate surface area is 146 Å². The lowest BCUT2D eigenvalue weighted by Crippen LogP contribution is -2.46. The predicted octanol–water partition coefficient (Wildman–Crippen LogP) is 3.38. The van der Waals surface area contributed by atoms with Gasteiger partial charge in [-0.3, -0.25) is 0 Å². The Morgan fingerprint density at radius 3 is 2.58 bits per heavy atom. The van der Waals surface area contributed by atoms with E-state index in [0.717, 1.165) is 37.5 Å². The molecule has 0 saturated heterocycles. The first-order chi connectivity index (χ1) is 11.7. The second-order valence-corrected chi connectivity index (χ2v) is 9.04. The standard InChI is InChI=1S/C20H32N4/c1-3-5-23-12-17-18(24(13-23)6-4-2)22-19(21-17)20-10-14-7-15(11-20)9-16(20)8-14/h12,14-16,19,21H,3-11,13H2,1-2H3. The summed E-state index contributed by atoms with van der Waals surface area (Å²) in [6, 6.07) is 0. The van der Waals surface area contributed by atoms with Crippen LogP contribution in [0.2, 0.25) is 0 Å². The molecule has 4 fully saturated rings. The van der Waals surface area contributed by atoms with Gasteiger partial charge in [0.15, 0.2) is 5.84 Å². The molecule has 2 aliphatic heterocycles. The normalized spacial score (nSPS) is 42.2. The van der Waals surface area contributed by atoms with Gasteiger partial charge in [0.25, 0.3) is 0 Å². The maximum atomic E-state index is 5.31. The molecule has 3 unspecified atom stereocenters. The lowest BCUT2D eigenvalue weighted by atomic mass is 9.73. The van der Waals surface area contributed by atoms with Crippen molar-refractivity contribution in [1.82, 2.24) is 15.1 Å². The second kappa shape index (κ2) is 5.40. The van der Waals surface area contributed by atoms with Crippen molar-refractivity contribution in [1.29, 1.82) is 0 Å². The Bertz CT molecular complexity index is 566. The number of hydrogen-bond acceptors (Lipinski definition) is 4. The van der Waals surface area contributed by atoms with Crippen LogP contribution in [0.25, 0.3) is 0 Å². The third-order valence-electron chi connectivity index (χ3n) is 7.35. The van der Waals surface area contributed by atoms with Gasteiger partial charge in [0.1, 0.15) is 6.17 Å². The molecule has 24 heavy (non-hydrogen) atoms. The van der Waals surface area contributed by atoms with Gasteiger partial charge in [0.2, 0.25) is 0 Å². The third kappa shape index (κ3) is 2.07. The zero-order valence-electron chi connectivity index (χ0n) is 15.3. The summed E-state index contributed by atoms with van der Waals surface area (Å²) in [4.78, 5) is 10.3. The lowest BCUT2D eigenvalue weighted by Gasteiger charge is -2.37. The second-order valence-electron chi connectivity index (χ2n) is 9.04. The van der Waals surface area contributed by atoms with Gasteiger partial charge in [0, 0.05) is 24.7 Å². The van der Waals surface area contributed by atoms with E-state index >= 15 is 0 Å². The fraction of sp³-hybridized carbons (Fsp3) is 0.850. The summed E-state index contributed by atoms with van der Waals surface area (Å²) in [5.74, 6) is 4.21. The molecule has 0 aromatic rings. The molecule has 4 saturated carbocycles. The molecule has 132 valence electrons. The Morgan fingerprint density at radius 2 is 1.88 bits per heavy atom. The SMILES string of the molecule is CCCN1C=C2NC(C34CC5CC(CC3C5)C4)N=C2N(CCC)C1. The van der Waals surface area contributed by atoms with Crippen molar-refractivity contribution < 1.29 is 0 Å². The third-order valence-corrected chi connectivity index (χ3v) is 7.35. The smallest absolute Gasteiger partial charge is 0.152 e. The minimum atomic E-state index is 0.347. The highest BCUT2D eigenvalue weighted by Gasteiger charge is 2.62. The van der Waals surface area contributed by atoms with E-state index in [-0.39, 0.29) is 0 Å². The maximum Gasteiger partial charge on any atom is 0.152 e. The fourth-order valence-corrected chi connectivity index (χ4v) is 6.74. The van der Waals surface area contributed by atoms with Gasteiger partial charge in [-0.1, -0.05) is 13.8 Å². The molecule has 0 amide bonds. The summed E-state index contributed by atoms with van der Waals surface area (Å²) in [7, 11) is 0. The number of fused-ring (bicyclic) bond motifs is 1. The Hall–Kier alpha value is -1.19. The quantitative estimate of drug-likeness (QED) is 0.839. The number of hydrogen-bond donors (Lipinski definition) is 1. The molecule has 1 N–H and O–H groups in total. The van der Waals surface area contributed by atoms with Crippen molar-refractivity contribution in [2.24, 2.45) is 28.2 Å². The molecule has 6 aliphatic rings. The summed E-state index contributed by atoms with van der Waals surface area (Å²) in [5.41, 5.74) is 1.78. The van der Waals surface area contributed by atoms with E-state index < -0.39 is 0 Å². The first-order valence-corrected chi connectivity index (χ1v) is 10.3. The maximum absolute atomic E-state index is 5.31. The van der Waals surface area contributed by atoms with Crippen molar-refractivity contribution in [3.8, 4) is 0 Å². The summed E-state index contributed by atoms with van der Waals surface area (Å²) < 4.78 is 0. The van der Waals surface area contributed by atoms with Crippen molar-refractivity contribution in [3.05, 3.63) is 11.9 Å². The first kappa shape index (κ1) is 15.1. The Morgan fingerprint density at radius 1 is 1.12 bits per heavy atom. The van der Waals surface area contributed by atoms with E-state index in [4.69, 9.17) is 4.99 Å². The molecule has 0 spiro atoms. The van der Waals surface area contributed by atoms with Crippen LogP contribution in [0.1, 0.15) is 58.8 Å². The highest BCUT2D eigenvalue weighted by molar-refractivity contribution is 6.00. The summed E-state index contributed by atoms with van der Waals surface area (Å²) >= 11 is 0. The average Bonchev–Trinajstić information content (AvgIpc) is 3.16. The van der Waals surface area contributed by atoms with Crippen molar-refractivity contribution in [2.75, 3.05) is 19.8 Å². The Kier molecular flexibility index (Phi) is 3.40. The van der Waals surface area contributed by atoms with E-state index in [2.05, 4.69) is 35.2 Å². The summed E-state index contributed by atoms with van der Waals surface area (Å²) in [5, 5.41) is 3.89. The number of rotatable bonds is 5. The molecule has 4 bridgehead atoms. The molecule has 0 aromatic heterocycles. The van der Waals surface area contributed by atoms with Crippen LogP contribution in [0.3, 0.4) is 0 Å². The molecule has 4 nitrogen and oxygen atoms in total. The topological polar surface area (TPSA) is 30.9 Å². The van der Waals surface area contributed by atoms with Crippen molar-refractivity contribution in [2.45, 2.75) is 65.0 Å². The van der Waals surface area contributed by atoms with E-state index in [1.54, 1.807) is 0 Å².